The van der Waals surface area contributed by atoms with E-state index >= 15 is 0 Å². The summed E-state index contributed by atoms with van der Waals surface area (Å²) in [6, 6.07) is 5.20. The van der Waals surface area contributed by atoms with Gasteiger partial charge in [-0.3, -0.25) is 4.79 Å². The zero-order valence-electron chi connectivity index (χ0n) is 10.2. The van der Waals surface area contributed by atoms with Crippen molar-refractivity contribution in [1.82, 2.24) is 25.5 Å². The molecule has 8 heteroatoms. The lowest BCUT2D eigenvalue weighted by atomic mass is 10.2. The Kier molecular flexibility index (Phi) is 4.45. The van der Waals surface area contributed by atoms with Gasteiger partial charge in [0.15, 0.2) is 0 Å². The van der Waals surface area contributed by atoms with Crippen molar-refractivity contribution < 1.29 is 9.53 Å². The summed E-state index contributed by atoms with van der Waals surface area (Å²) < 4.78 is 7.44. The number of aromatic nitrogens is 4. The van der Waals surface area contributed by atoms with Crippen LogP contribution in [0.2, 0.25) is 0 Å². The van der Waals surface area contributed by atoms with Crippen LogP contribution in [0.4, 0.5) is 0 Å². The van der Waals surface area contributed by atoms with Crippen molar-refractivity contribution in [3.8, 4) is 5.75 Å². The molecule has 0 saturated heterocycles. The van der Waals surface area contributed by atoms with Crippen LogP contribution in [0.5, 0.6) is 5.75 Å². The fourth-order valence-electron chi connectivity index (χ4n) is 1.48. The summed E-state index contributed by atoms with van der Waals surface area (Å²) in [6.07, 6.45) is 1.49. The van der Waals surface area contributed by atoms with Crippen molar-refractivity contribution in [3.05, 3.63) is 34.6 Å². The fourth-order valence-corrected chi connectivity index (χ4v) is 1.95. The second-order valence-corrected chi connectivity index (χ2v) is 4.62. The Morgan fingerprint density at radius 3 is 3.00 bits per heavy atom. The normalized spacial score (nSPS) is 10.2. The van der Waals surface area contributed by atoms with E-state index in [0.29, 0.717) is 24.4 Å². The third kappa shape index (κ3) is 3.75. The highest BCUT2D eigenvalue weighted by Gasteiger charge is 2.08. The molecular weight excluding hydrogens is 314 g/mol. The maximum absolute atomic E-state index is 11.9. The molecule has 0 aliphatic rings. The molecule has 19 heavy (non-hydrogen) atoms. The SMILES string of the molecule is COc1cc(Br)cc(C(=O)NCCn2cnnn2)c1. The van der Waals surface area contributed by atoms with Crippen LogP contribution in [0.1, 0.15) is 10.4 Å². The minimum Gasteiger partial charge on any atom is -0.497 e. The summed E-state index contributed by atoms with van der Waals surface area (Å²) >= 11 is 3.33. The molecule has 1 heterocycles. The van der Waals surface area contributed by atoms with Gasteiger partial charge in [0.25, 0.3) is 5.91 Å². The van der Waals surface area contributed by atoms with Gasteiger partial charge in [-0.25, -0.2) is 4.68 Å². The van der Waals surface area contributed by atoms with Gasteiger partial charge in [-0.05, 0) is 28.6 Å². The first-order valence-corrected chi connectivity index (χ1v) is 6.32. The second kappa shape index (κ2) is 6.28. The van der Waals surface area contributed by atoms with Crippen LogP contribution in [0, 0.1) is 0 Å². The standard InChI is InChI=1S/C11H12BrN5O2/c1-19-10-5-8(4-9(12)6-10)11(18)13-2-3-17-7-14-15-16-17/h4-7H,2-3H2,1H3,(H,13,18). The lowest BCUT2D eigenvalue weighted by Crippen LogP contribution is -2.27. The quantitative estimate of drug-likeness (QED) is 0.882. The number of carbonyl (C=O) groups is 1. The summed E-state index contributed by atoms with van der Waals surface area (Å²) in [7, 11) is 1.56. The summed E-state index contributed by atoms with van der Waals surface area (Å²) in [6.45, 7) is 0.961. The third-order valence-corrected chi connectivity index (χ3v) is 2.84. The number of halogens is 1. The molecule has 1 aromatic carbocycles. The second-order valence-electron chi connectivity index (χ2n) is 3.71. The first-order valence-electron chi connectivity index (χ1n) is 5.52. The summed E-state index contributed by atoms with van der Waals surface area (Å²) in [5.74, 6) is 0.452. The molecule has 0 radical (unpaired) electrons. The molecule has 1 N–H and O–H groups in total. The molecule has 1 amide bonds. The van der Waals surface area contributed by atoms with E-state index in [0.717, 1.165) is 4.47 Å². The molecular formula is C11H12BrN5O2. The monoisotopic (exact) mass is 325 g/mol. The van der Waals surface area contributed by atoms with Gasteiger partial charge in [0.2, 0.25) is 0 Å². The summed E-state index contributed by atoms with van der Waals surface area (Å²) in [4.78, 5) is 11.9. The van der Waals surface area contributed by atoms with Crippen LogP contribution in [0.3, 0.4) is 0 Å². The Bertz CT molecular complexity index is 558. The molecule has 2 rings (SSSR count). The Morgan fingerprint density at radius 1 is 1.47 bits per heavy atom. The van der Waals surface area contributed by atoms with Crippen LogP contribution >= 0.6 is 15.9 Å². The van der Waals surface area contributed by atoms with Gasteiger partial charge in [0.1, 0.15) is 12.1 Å². The Hall–Kier alpha value is -1.96. The van der Waals surface area contributed by atoms with Crippen LogP contribution in [0.25, 0.3) is 0 Å². The van der Waals surface area contributed by atoms with E-state index in [4.69, 9.17) is 4.74 Å². The van der Waals surface area contributed by atoms with Gasteiger partial charge in [-0.2, -0.15) is 0 Å². The molecule has 0 aliphatic heterocycles. The van der Waals surface area contributed by atoms with Crippen LogP contribution in [-0.4, -0.2) is 39.8 Å². The predicted molar refractivity (Wildman–Crippen MR) is 70.8 cm³/mol. The Balaban J connectivity index is 1.94. The van der Waals surface area contributed by atoms with Crippen molar-refractivity contribution in [2.75, 3.05) is 13.7 Å². The van der Waals surface area contributed by atoms with Gasteiger partial charge >= 0.3 is 0 Å². The molecule has 0 atom stereocenters. The molecule has 7 nitrogen and oxygen atoms in total. The van der Waals surface area contributed by atoms with Crippen molar-refractivity contribution >= 4 is 21.8 Å². The van der Waals surface area contributed by atoms with E-state index in [1.165, 1.54) is 6.33 Å². The highest BCUT2D eigenvalue weighted by Crippen LogP contribution is 2.21. The van der Waals surface area contributed by atoms with Gasteiger partial charge < -0.3 is 10.1 Å². The van der Waals surface area contributed by atoms with E-state index < -0.39 is 0 Å². The smallest absolute Gasteiger partial charge is 0.251 e. The predicted octanol–water partition coefficient (Wildman–Crippen LogP) is 0.874. The summed E-state index contributed by atoms with van der Waals surface area (Å²) in [5, 5.41) is 13.5. The van der Waals surface area contributed by atoms with Crippen molar-refractivity contribution in [1.29, 1.82) is 0 Å². The highest BCUT2D eigenvalue weighted by atomic mass is 79.9. The zero-order chi connectivity index (χ0) is 13.7. The van der Waals surface area contributed by atoms with E-state index in [1.807, 2.05) is 0 Å². The number of hydrogen-bond acceptors (Lipinski definition) is 5. The van der Waals surface area contributed by atoms with Gasteiger partial charge in [-0.15, -0.1) is 5.10 Å². The Morgan fingerprint density at radius 2 is 2.32 bits per heavy atom. The number of rotatable bonds is 5. The van der Waals surface area contributed by atoms with E-state index in [-0.39, 0.29) is 5.91 Å². The molecule has 0 fully saturated rings. The van der Waals surface area contributed by atoms with Gasteiger partial charge in [0.05, 0.1) is 13.7 Å². The number of carbonyl (C=O) groups excluding carboxylic acids is 1. The van der Waals surface area contributed by atoms with Crippen molar-refractivity contribution in [2.45, 2.75) is 6.54 Å². The van der Waals surface area contributed by atoms with Crippen molar-refractivity contribution in [3.63, 3.8) is 0 Å². The van der Waals surface area contributed by atoms with Crippen LogP contribution in [0.15, 0.2) is 29.0 Å². The minimum atomic E-state index is -0.173. The van der Waals surface area contributed by atoms with E-state index in [9.17, 15) is 4.79 Å². The highest BCUT2D eigenvalue weighted by molar-refractivity contribution is 9.10. The number of benzene rings is 1. The molecule has 0 aliphatic carbocycles. The van der Waals surface area contributed by atoms with Gasteiger partial charge in [0, 0.05) is 16.6 Å². The van der Waals surface area contributed by atoms with E-state index in [2.05, 4.69) is 36.8 Å². The zero-order valence-corrected chi connectivity index (χ0v) is 11.8. The lowest BCUT2D eigenvalue weighted by Gasteiger charge is -2.07. The Labute approximate surface area is 118 Å². The molecule has 1 aromatic heterocycles. The minimum absolute atomic E-state index is 0.173. The number of hydrogen-bond donors (Lipinski definition) is 1. The molecule has 0 bridgehead atoms. The third-order valence-electron chi connectivity index (χ3n) is 2.39. The topological polar surface area (TPSA) is 81.9 Å². The molecule has 0 unspecified atom stereocenters. The molecule has 0 saturated carbocycles. The lowest BCUT2D eigenvalue weighted by molar-refractivity contribution is 0.0951. The summed E-state index contributed by atoms with van der Waals surface area (Å²) in [5.41, 5.74) is 0.531. The molecule has 2 aromatic rings. The first-order chi connectivity index (χ1) is 9.19. The number of nitrogens with one attached hydrogen (secondary N) is 1. The number of nitrogens with zero attached hydrogens (tertiary/aromatic N) is 4. The molecule has 0 spiro atoms. The number of methoxy groups -OCH3 is 1. The van der Waals surface area contributed by atoms with Crippen LogP contribution in [-0.2, 0) is 6.54 Å². The first kappa shape index (κ1) is 13.5. The maximum atomic E-state index is 11.9. The number of ether oxygens (including phenoxy) is 1. The van der Waals surface area contributed by atoms with Crippen molar-refractivity contribution in [2.24, 2.45) is 0 Å². The number of tetrazole rings is 1. The maximum Gasteiger partial charge on any atom is 0.251 e. The number of amides is 1. The largest absolute Gasteiger partial charge is 0.497 e. The van der Waals surface area contributed by atoms with E-state index in [1.54, 1.807) is 30.0 Å². The average molecular weight is 326 g/mol. The van der Waals surface area contributed by atoms with Gasteiger partial charge in [-0.1, -0.05) is 15.9 Å². The average Bonchev–Trinajstić information content (AvgIpc) is 2.91. The van der Waals surface area contributed by atoms with Crippen LogP contribution < -0.4 is 10.1 Å². The fraction of sp³-hybridized carbons (Fsp3) is 0.273. The molecule has 100 valence electrons.